The molecule has 53 heavy (non-hydrogen) atoms. The molecule has 0 radical (unpaired) electrons. The van der Waals surface area contributed by atoms with Crippen molar-refractivity contribution >= 4 is 40.5 Å². The van der Waals surface area contributed by atoms with Crippen LogP contribution in [0.2, 0.25) is 0 Å². The van der Waals surface area contributed by atoms with Crippen LogP contribution in [0, 0.1) is 11.8 Å². The third-order valence-electron chi connectivity index (χ3n) is 10.2. The SMILES string of the molecule is CCCCOCCCOC(=O)c1cc2cc(NC(=O)[C@@H]3[C@@H](c4ccccc4)CCN3C(=O)[C@H]3CC[C@H]([C@@H](CF)NC(=O)OC(C)(C)C)CC3)ccc2[nH]1. The summed E-state index contributed by atoms with van der Waals surface area (Å²) in [5, 5.41) is 6.48. The van der Waals surface area contributed by atoms with Crippen LogP contribution in [0.15, 0.2) is 54.6 Å². The van der Waals surface area contributed by atoms with Crippen molar-refractivity contribution in [3.63, 3.8) is 0 Å². The molecule has 2 aliphatic rings. The lowest BCUT2D eigenvalue weighted by Crippen LogP contribution is -2.49. The lowest BCUT2D eigenvalue weighted by molar-refractivity contribution is -0.141. The van der Waals surface area contributed by atoms with E-state index in [9.17, 15) is 23.6 Å². The number of amides is 3. The summed E-state index contributed by atoms with van der Waals surface area (Å²) in [4.78, 5) is 58.2. The number of aromatic nitrogens is 1. The number of halogens is 1. The number of esters is 1. The van der Waals surface area contributed by atoms with Gasteiger partial charge in [0.15, 0.2) is 0 Å². The third kappa shape index (κ3) is 10.8. The Morgan fingerprint density at radius 2 is 1.68 bits per heavy atom. The van der Waals surface area contributed by atoms with Gasteiger partial charge in [-0.05, 0) is 95.0 Å². The highest BCUT2D eigenvalue weighted by Crippen LogP contribution is 2.39. The minimum Gasteiger partial charge on any atom is -0.461 e. The second kappa shape index (κ2) is 18.5. The van der Waals surface area contributed by atoms with Crippen LogP contribution < -0.4 is 10.6 Å². The van der Waals surface area contributed by atoms with E-state index in [-0.39, 0.29) is 36.2 Å². The van der Waals surface area contributed by atoms with Gasteiger partial charge in [-0.2, -0.15) is 0 Å². The zero-order chi connectivity index (χ0) is 38.0. The van der Waals surface area contributed by atoms with Gasteiger partial charge in [0.05, 0.1) is 12.6 Å². The van der Waals surface area contributed by atoms with E-state index >= 15 is 0 Å². The highest BCUT2D eigenvalue weighted by Gasteiger charge is 2.45. The number of H-pyrrole nitrogens is 1. The molecule has 2 fully saturated rings. The van der Waals surface area contributed by atoms with Gasteiger partial charge in [0.25, 0.3) is 0 Å². The molecule has 1 aliphatic heterocycles. The van der Waals surface area contributed by atoms with Crippen molar-refractivity contribution in [1.82, 2.24) is 15.2 Å². The molecule has 12 heteroatoms. The van der Waals surface area contributed by atoms with Crippen LogP contribution in [0.3, 0.4) is 0 Å². The van der Waals surface area contributed by atoms with Gasteiger partial charge in [-0.25, -0.2) is 14.0 Å². The Labute approximate surface area is 311 Å². The number of ether oxygens (including phenoxy) is 3. The number of nitrogens with zero attached hydrogens (tertiary/aromatic N) is 1. The molecule has 2 heterocycles. The Morgan fingerprint density at radius 1 is 0.943 bits per heavy atom. The number of benzene rings is 2. The van der Waals surface area contributed by atoms with Gasteiger partial charge in [-0.3, -0.25) is 9.59 Å². The number of nitrogens with one attached hydrogen (secondary N) is 3. The third-order valence-corrected chi connectivity index (χ3v) is 10.2. The van der Waals surface area contributed by atoms with Gasteiger partial charge >= 0.3 is 12.1 Å². The van der Waals surface area contributed by atoms with E-state index in [0.29, 0.717) is 69.7 Å². The molecule has 11 nitrogen and oxygen atoms in total. The van der Waals surface area contributed by atoms with Gasteiger partial charge < -0.3 is 34.7 Å². The zero-order valence-electron chi connectivity index (χ0n) is 31.5. The molecule has 1 aliphatic carbocycles. The number of alkyl halides is 1. The lowest BCUT2D eigenvalue weighted by Gasteiger charge is -2.36. The molecule has 3 atom stereocenters. The molecular weight excluding hydrogens is 679 g/mol. The number of anilines is 1. The van der Waals surface area contributed by atoms with Crippen LogP contribution >= 0.6 is 0 Å². The topological polar surface area (TPSA) is 139 Å². The Balaban J connectivity index is 1.23. The number of likely N-dealkylation sites (tertiary alicyclic amines) is 1. The molecule has 1 saturated heterocycles. The molecule has 0 unspecified atom stereocenters. The molecule has 0 spiro atoms. The molecule has 1 aromatic heterocycles. The summed E-state index contributed by atoms with van der Waals surface area (Å²) in [6.45, 7) is 8.60. The predicted molar refractivity (Wildman–Crippen MR) is 201 cm³/mol. The maximum Gasteiger partial charge on any atom is 0.407 e. The van der Waals surface area contributed by atoms with Crippen molar-refractivity contribution in [2.24, 2.45) is 11.8 Å². The minimum atomic E-state index is -0.728. The van der Waals surface area contributed by atoms with E-state index in [4.69, 9.17) is 14.2 Å². The van der Waals surface area contributed by atoms with E-state index in [1.165, 1.54) is 0 Å². The number of unbranched alkanes of at least 4 members (excludes halogenated alkanes) is 1. The number of aromatic amines is 1. The number of carbonyl (C=O) groups excluding carboxylic acids is 4. The average molecular weight is 735 g/mol. The summed E-state index contributed by atoms with van der Waals surface area (Å²) >= 11 is 0. The number of alkyl carbamates (subject to hydrolysis) is 1. The van der Waals surface area contributed by atoms with E-state index in [1.807, 2.05) is 30.3 Å². The first-order chi connectivity index (χ1) is 25.5. The summed E-state index contributed by atoms with van der Waals surface area (Å²) in [5.74, 6) is -1.43. The molecule has 3 N–H and O–H groups in total. The van der Waals surface area contributed by atoms with E-state index < -0.39 is 36.4 Å². The Morgan fingerprint density at radius 3 is 2.38 bits per heavy atom. The molecule has 3 aromatic rings. The van der Waals surface area contributed by atoms with E-state index in [1.54, 1.807) is 49.9 Å². The number of hydrogen-bond acceptors (Lipinski definition) is 7. The number of fused-ring (bicyclic) bond motifs is 1. The first kappa shape index (κ1) is 39.8. The quantitative estimate of drug-likeness (QED) is 0.108. The zero-order valence-corrected chi connectivity index (χ0v) is 31.5. The van der Waals surface area contributed by atoms with Gasteiger partial charge in [0.2, 0.25) is 11.8 Å². The number of carbonyl (C=O) groups is 4. The second-order valence-electron chi connectivity index (χ2n) is 15.2. The van der Waals surface area contributed by atoms with Crippen molar-refractivity contribution in [3.8, 4) is 0 Å². The van der Waals surface area contributed by atoms with Crippen molar-refractivity contribution in [2.45, 2.75) is 103 Å². The van der Waals surface area contributed by atoms with Crippen LogP contribution in [0.25, 0.3) is 10.9 Å². The van der Waals surface area contributed by atoms with Gasteiger partial charge in [-0.1, -0.05) is 43.7 Å². The highest BCUT2D eigenvalue weighted by atomic mass is 19.1. The fraction of sp³-hybridized carbons (Fsp3) is 0.561. The first-order valence-electron chi connectivity index (χ1n) is 19.1. The molecule has 5 rings (SSSR count). The molecule has 288 valence electrons. The summed E-state index contributed by atoms with van der Waals surface area (Å²) in [5.41, 5.74) is 1.89. The van der Waals surface area contributed by atoms with Crippen molar-refractivity contribution in [3.05, 3.63) is 65.9 Å². The average Bonchev–Trinajstić information content (AvgIpc) is 3.78. The molecule has 3 amide bonds. The van der Waals surface area contributed by atoms with Crippen LogP contribution in [0.1, 0.15) is 101 Å². The van der Waals surface area contributed by atoms with E-state index in [2.05, 4.69) is 22.5 Å². The van der Waals surface area contributed by atoms with Crippen LogP contribution in [-0.2, 0) is 23.8 Å². The largest absolute Gasteiger partial charge is 0.461 e. The van der Waals surface area contributed by atoms with Gasteiger partial charge in [0, 0.05) is 54.6 Å². The van der Waals surface area contributed by atoms with Crippen LogP contribution in [0.5, 0.6) is 0 Å². The standard InChI is InChI=1S/C41H55FN4O7/c1-5-6-21-51-22-10-23-52-39(49)34-25-30-24-31(17-18-33(30)44-34)43-37(47)36-32(27-11-8-7-9-12-27)19-20-46(36)38(48)29-15-13-28(14-16-29)35(26-42)45-40(50)53-41(2,3)4/h7-9,11-12,17-18,24-25,28-29,32,35-36,44H,5-6,10,13-16,19-23,26H2,1-4H3,(H,43,47)(H,45,50)/t28-,29-,32-,35-,36+/m1/s1. The van der Waals surface area contributed by atoms with Gasteiger partial charge in [-0.15, -0.1) is 0 Å². The molecule has 2 aromatic carbocycles. The minimum absolute atomic E-state index is 0.0734. The number of hydrogen-bond donors (Lipinski definition) is 3. The normalized spacial score (nSPS) is 20.9. The molecule has 1 saturated carbocycles. The maximum atomic E-state index is 14.2. The summed E-state index contributed by atoms with van der Waals surface area (Å²) in [6.07, 6.45) is 4.91. The molecular formula is C41H55FN4O7. The fourth-order valence-electron chi connectivity index (χ4n) is 7.45. The summed E-state index contributed by atoms with van der Waals surface area (Å²) < 4.78 is 30.3. The smallest absolute Gasteiger partial charge is 0.407 e. The maximum absolute atomic E-state index is 14.2. The van der Waals surface area contributed by atoms with Crippen molar-refractivity contribution < 1.29 is 37.8 Å². The summed E-state index contributed by atoms with van der Waals surface area (Å²) in [7, 11) is 0. The van der Waals surface area contributed by atoms with Crippen LogP contribution in [0.4, 0.5) is 14.9 Å². The number of rotatable bonds is 15. The Hall–Kier alpha value is -4.45. The van der Waals surface area contributed by atoms with E-state index in [0.717, 1.165) is 29.3 Å². The van der Waals surface area contributed by atoms with Crippen molar-refractivity contribution in [2.75, 3.05) is 38.4 Å². The molecule has 0 bridgehead atoms. The first-order valence-corrected chi connectivity index (χ1v) is 19.1. The monoisotopic (exact) mass is 734 g/mol. The van der Waals surface area contributed by atoms with Crippen molar-refractivity contribution in [1.29, 1.82) is 0 Å². The Bertz CT molecular complexity index is 1680. The second-order valence-corrected chi connectivity index (χ2v) is 15.2. The summed E-state index contributed by atoms with van der Waals surface area (Å²) in [6, 6.07) is 15.4. The lowest BCUT2D eigenvalue weighted by atomic mass is 9.78. The van der Waals surface area contributed by atoms with Gasteiger partial charge in [0.1, 0.15) is 24.0 Å². The fourth-order valence-corrected chi connectivity index (χ4v) is 7.45. The highest BCUT2D eigenvalue weighted by molar-refractivity contribution is 6.01. The predicted octanol–water partition coefficient (Wildman–Crippen LogP) is 7.52. The van der Waals surface area contributed by atoms with Crippen LogP contribution in [-0.4, -0.2) is 84.5 Å². The Kier molecular flexibility index (Phi) is 13.9.